The molecule has 21 heavy (non-hydrogen) atoms. The third-order valence-electron chi connectivity index (χ3n) is 2.85. The van der Waals surface area contributed by atoms with Crippen molar-refractivity contribution < 1.29 is 26.8 Å². The van der Waals surface area contributed by atoms with Crippen LogP contribution in [0.25, 0.3) is 0 Å². The van der Waals surface area contributed by atoms with Gasteiger partial charge in [-0.05, 0) is 12.8 Å². The van der Waals surface area contributed by atoms with Crippen LogP contribution in [0.3, 0.4) is 0 Å². The van der Waals surface area contributed by atoms with Crippen LogP contribution >= 0.6 is 0 Å². The Labute approximate surface area is 119 Å². The maximum Gasteiger partial charge on any atom is 0.200 e. The summed E-state index contributed by atoms with van der Waals surface area (Å²) in [5, 5.41) is 3.43. The molecule has 0 radical (unpaired) electrons. The van der Waals surface area contributed by atoms with Gasteiger partial charge in [-0.15, -0.1) is 0 Å². The van der Waals surface area contributed by atoms with E-state index < -0.39 is 41.3 Å². The molecule has 0 saturated heterocycles. The fraction of sp³-hybridized carbons (Fsp3) is 0.500. The summed E-state index contributed by atoms with van der Waals surface area (Å²) in [6, 6.07) is 0. The average molecular weight is 309 g/mol. The van der Waals surface area contributed by atoms with E-state index in [9.17, 15) is 22.0 Å². The van der Waals surface area contributed by atoms with Crippen molar-refractivity contribution in [3.8, 4) is 0 Å². The topological polar surface area (TPSA) is 21.6 Å². The Balaban J connectivity index is 2.55. The summed E-state index contributed by atoms with van der Waals surface area (Å²) in [7, 11) is 0. The highest BCUT2D eigenvalue weighted by Crippen LogP contribution is 2.23. The van der Waals surface area contributed by atoms with Crippen molar-refractivity contribution in [1.29, 1.82) is 0 Å². The zero-order chi connectivity index (χ0) is 15.8. The molecule has 0 heterocycles. The standard InChI is InChI=1S/C14H16F5NO/c1-2-3-4-5-6-7-20-21-8-9-10(15)12(17)14(19)13(18)11(9)16/h7H,2-6,8H2,1H3/b20-7-. The van der Waals surface area contributed by atoms with E-state index >= 15 is 0 Å². The summed E-state index contributed by atoms with van der Waals surface area (Å²) in [6.07, 6.45) is 6.13. The van der Waals surface area contributed by atoms with E-state index in [4.69, 9.17) is 0 Å². The number of unbranched alkanes of at least 4 members (excludes halogenated alkanes) is 4. The molecule has 0 aliphatic heterocycles. The van der Waals surface area contributed by atoms with Crippen molar-refractivity contribution in [1.82, 2.24) is 0 Å². The van der Waals surface area contributed by atoms with E-state index in [1.54, 1.807) is 0 Å². The fourth-order valence-electron chi connectivity index (χ4n) is 1.65. The van der Waals surface area contributed by atoms with Gasteiger partial charge in [0.15, 0.2) is 23.3 Å². The quantitative estimate of drug-likeness (QED) is 0.168. The number of nitrogens with zero attached hydrogens (tertiary/aromatic N) is 1. The zero-order valence-corrected chi connectivity index (χ0v) is 11.6. The van der Waals surface area contributed by atoms with Gasteiger partial charge in [-0.2, -0.15) is 0 Å². The van der Waals surface area contributed by atoms with Crippen molar-refractivity contribution in [3.05, 3.63) is 34.6 Å². The van der Waals surface area contributed by atoms with E-state index in [1.807, 2.05) is 0 Å². The lowest BCUT2D eigenvalue weighted by Gasteiger charge is -2.06. The molecule has 1 aromatic carbocycles. The van der Waals surface area contributed by atoms with E-state index in [0.29, 0.717) is 6.42 Å². The van der Waals surface area contributed by atoms with Gasteiger partial charge < -0.3 is 4.84 Å². The van der Waals surface area contributed by atoms with Crippen molar-refractivity contribution in [2.45, 2.75) is 45.6 Å². The van der Waals surface area contributed by atoms with Gasteiger partial charge in [0.1, 0.15) is 6.61 Å². The maximum atomic E-state index is 13.3. The minimum Gasteiger partial charge on any atom is -0.391 e. The first-order chi connectivity index (χ1) is 10.0. The Morgan fingerprint density at radius 2 is 1.43 bits per heavy atom. The number of halogens is 5. The molecule has 1 rings (SSSR count). The molecule has 0 aliphatic rings. The van der Waals surface area contributed by atoms with Crippen LogP contribution in [0.5, 0.6) is 0 Å². The molecule has 0 aromatic heterocycles. The van der Waals surface area contributed by atoms with E-state index in [1.165, 1.54) is 6.21 Å². The highest BCUT2D eigenvalue weighted by Gasteiger charge is 2.25. The Kier molecular flexibility index (Phi) is 7.11. The number of hydrogen-bond acceptors (Lipinski definition) is 2. The molecule has 0 unspecified atom stereocenters. The second-order valence-corrected chi connectivity index (χ2v) is 4.46. The summed E-state index contributed by atoms with van der Waals surface area (Å²) in [6.45, 7) is 1.25. The Hall–Kier alpha value is -1.66. The van der Waals surface area contributed by atoms with E-state index in [0.717, 1.165) is 25.7 Å². The molecular weight excluding hydrogens is 293 g/mol. The van der Waals surface area contributed by atoms with Gasteiger partial charge in [0.05, 0.1) is 5.56 Å². The Morgan fingerprint density at radius 3 is 2.00 bits per heavy atom. The van der Waals surface area contributed by atoms with Crippen LogP contribution in [-0.4, -0.2) is 6.21 Å². The number of benzene rings is 1. The third-order valence-corrected chi connectivity index (χ3v) is 2.85. The predicted octanol–water partition coefficient (Wildman–Crippen LogP) is 4.85. The lowest BCUT2D eigenvalue weighted by molar-refractivity contribution is 0.124. The summed E-state index contributed by atoms with van der Waals surface area (Å²) in [5.74, 6) is -9.96. The zero-order valence-electron chi connectivity index (χ0n) is 11.6. The normalized spacial score (nSPS) is 11.3. The molecule has 0 bridgehead atoms. The SMILES string of the molecule is CCCCCC/C=N\OCc1c(F)c(F)c(F)c(F)c1F. The Bertz CT molecular complexity index is 476. The van der Waals surface area contributed by atoms with Gasteiger partial charge in [0, 0.05) is 6.21 Å². The highest BCUT2D eigenvalue weighted by atomic mass is 19.2. The molecular formula is C14H16F5NO. The number of rotatable bonds is 8. The minimum absolute atomic E-state index is 0.622. The first-order valence-corrected chi connectivity index (χ1v) is 6.64. The second-order valence-electron chi connectivity index (χ2n) is 4.46. The lowest BCUT2D eigenvalue weighted by Crippen LogP contribution is -2.07. The van der Waals surface area contributed by atoms with Crippen LogP contribution in [0.1, 0.15) is 44.6 Å². The van der Waals surface area contributed by atoms with Gasteiger partial charge in [-0.3, -0.25) is 0 Å². The van der Waals surface area contributed by atoms with Crippen LogP contribution in [0.15, 0.2) is 5.16 Å². The molecule has 0 atom stereocenters. The molecule has 7 heteroatoms. The summed E-state index contributed by atoms with van der Waals surface area (Å²) in [4.78, 5) is 4.57. The fourth-order valence-corrected chi connectivity index (χ4v) is 1.65. The molecule has 1 aromatic rings. The minimum atomic E-state index is -2.19. The van der Waals surface area contributed by atoms with Crippen LogP contribution in [0, 0.1) is 29.1 Å². The number of oxime groups is 1. The van der Waals surface area contributed by atoms with Crippen molar-refractivity contribution in [2.75, 3.05) is 0 Å². The third kappa shape index (κ3) is 4.68. The van der Waals surface area contributed by atoms with Crippen molar-refractivity contribution in [2.24, 2.45) is 5.16 Å². The first-order valence-electron chi connectivity index (χ1n) is 6.64. The summed E-state index contributed by atoms with van der Waals surface area (Å²) < 4.78 is 65.1. The Morgan fingerprint density at radius 1 is 0.857 bits per heavy atom. The molecule has 118 valence electrons. The van der Waals surface area contributed by atoms with Gasteiger partial charge in [-0.25, -0.2) is 22.0 Å². The average Bonchev–Trinajstić information content (AvgIpc) is 2.49. The summed E-state index contributed by atoms with van der Waals surface area (Å²) >= 11 is 0. The van der Waals surface area contributed by atoms with E-state index in [-0.39, 0.29) is 0 Å². The van der Waals surface area contributed by atoms with Gasteiger partial charge in [0.25, 0.3) is 0 Å². The smallest absolute Gasteiger partial charge is 0.200 e. The molecule has 0 saturated carbocycles. The first kappa shape index (κ1) is 17.4. The number of hydrogen-bond donors (Lipinski definition) is 0. The van der Waals surface area contributed by atoms with Gasteiger partial charge >= 0.3 is 0 Å². The van der Waals surface area contributed by atoms with Crippen molar-refractivity contribution in [3.63, 3.8) is 0 Å². The lowest BCUT2D eigenvalue weighted by atomic mass is 10.2. The monoisotopic (exact) mass is 309 g/mol. The van der Waals surface area contributed by atoms with Gasteiger partial charge in [0.2, 0.25) is 5.82 Å². The van der Waals surface area contributed by atoms with Crippen LogP contribution in [0.2, 0.25) is 0 Å². The largest absolute Gasteiger partial charge is 0.391 e. The van der Waals surface area contributed by atoms with Gasteiger partial charge in [-0.1, -0.05) is 31.3 Å². The molecule has 0 N–H and O–H groups in total. The second kappa shape index (κ2) is 8.59. The maximum absolute atomic E-state index is 13.3. The van der Waals surface area contributed by atoms with Crippen LogP contribution < -0.4 is 0 Å². The predicted molar refractivity (Wildman–Crippen MR) is 68.3 cm³/mol. The molecule has 2 nitrogen and oxygen atoms in total. The molecule has 0 fully saturated rings. The van der Waals surface area contributed by atoms with Crippen LogP contribution in [0.4, 0.5) is 22.0 Å². The van der Waals surface area contributed by atoms with Crippen LogP contribution in [-0.2, 0) is 11.4 Å². The van der Waals surface area contributed by atoms with Crippen molar-refractivity contribution >= 4 is 6.21 Å². The molecule has 0 amide bonds. The van der Waals surface area contributed by atoms with E-state index in [2.05, 4.69) is 16.9 Å². The molecule has 0 aliphatic carbocycles. The molecule has 0 spiro atoms. The summed E-state index contributed by atoms with van der Waals surface area (Å²) in [5.41, 5.74) is -1.03. The highest BCUT2D eigenvalue weighted by molar-refractivity contribution is 5.56.